The molecule has 4 rings (SSSR count). The lowest BCUT2D eigenvalue weighted by atomic mass is 10.1. The molecule has 2 heterocycles. The fourth-order valence-corrected chi connectivity index (χ4v) is 5.50. The summed E-state index contributed by atoms with van der Waals surface area (Å²) in [5.41, 5.74) is 4.28. The zero-order valence-corrected chi connectivity index (χ0v) is 19.7. The van der Waals surface area contributed by atoms with Crippen LogP contribution in [0.2, 0.25) is 0 Å². The Hall–Kier alpha value is -2.77. The molecule has 2 aromatic heterocycles. The van der Waals surface area contributed by atoms with Crippen molar-refractivity contribution in [1.29, 1.82) is 0 Å². The quantitative estimate of drug-likeness (QED) is 0.219. The van der Waals surface area contributed by atoms with Crippen LogP contribution in [0.4, 0.5) is 9.52 Å². The van der Waals surface area contributed by atoms with Gasteiger partial charge in [0.05, 0.1) is 16.8 Å². The first kappa shape index (κ1) is 22.4. The summed E-state index contributed by atoms with van der Waals surface area (Å²) >= 11 is 3.19. The van der Waals surface area contributed by atoms with Gasteiger partial charge in [0.15, 0.2) is 5.13 Å². The van der Waals surface area contributed by atoms with E-state index in [4.69, 9.17) is 4.98 Å². The second-order valence-electron chi connectivity index (χ2n) is 7.67. The maximum atomic E-state index is 13.3. The number of anilines is 1. The summed E-state index contributed by atoms with van der Waals surface area (Å²) in [4.78, 5) is 24.9. The number of aromatic nitrogens is 2. The van der Waals surface area contributed by atoms with E-state index < -0.39 is 0 Å². The maximum absolute atomic E-state index is 13.3. The molecule has 4 nitrogen and oxygen atoms in total. The summed E-state index contributed by atoms with van der Waals surface area (Å²) in [5.74, 6) is 0.603. The van der Waals surface area contributed by atoms with Crippen LogP contribution >= 0.6 is 23.1 Å². The molecule has 0 fully saturated rings. The van der Waals surface area contributed by atoms with Crippen LogP contribution in [0.5, 0.6) is 0 Å². The Kier molecular flexibility index (Phi) is 7.17. The second-order valence-corrected chi connectivity index (χ2v) is 9.84. The minimum atomic E-state index is -0.238. The molecule has 0 aliphatic carbocycles. The standard InChI is InChI=1S/C25H24FN3OS2/c1-17-14-18(2)24-22(15-17)32-25(28-24)29(16-19-9-11-27-12-10-19)23(30)4-3-13-31-21-7-5-20(26)6-8-21/h5-12,14-15H,3-4,13,16H2,1-2H3. The zero-order valence-electron chi connectivity index (χ0n) is 18.0. The van der Waals surface area contributed by atoms with Gasteiger partial charge in [-0.05, 0) is 85.2 Å². The van der Waals surface area contributed by atoms with Crippen molar-refractivity contribution in [3.05, 3.63) is 83.4 Å². The Morgan fingerprint density at radius 1 is 1.09 bits per heavy atom. The number of hydrogen-bond donors (Lipinski definition) is 0. The third kappa shape index (κ3) is 5.53. The van der Waals surface area contributed by atoms with Crippen molar-refractivity contribution in [3.63, 3.8) is 0 Å². The lowest BCUT2D eigenvalue weighted by molar-refractivity contribution is -0.118. The van der Waals surface area contributed by atoms with Crippen LogP contribution in [-0.4, -0.2) is 21.6 Å². The molecule has 4 aromatic rings. The van der Waals surface area contributed by atoms with Crippen molar-refractivity contribution in [3.8, 4) is 0 Å². The minimum absolute atomic E-state index is 0.0509. The van der Waals surface area contributed by atoms with E-state index in [9.17, 15) is 9.18 Å². The van der Waals surface area contributed by atoms with Crippen LogP contribution in [0.15, 0.2) is 65.8 Å². The van der Waals surface area contributed by atoms with Crippen molar-refractivity contribution in [2.75, 3.05) is 10.7 Å². The highest BCUT2D eigenvalue weighted by Crippen LogP contribution is 2.33. The van der Waals surface area contributed by atoms with E-state index in [-0.39, 0.29) is 11.7 Å². The van der Waals surface area contributed by atoms with Crippen LogP contribution in [-0.2, 0) is 11.3 Å². The number of thioether (sulfide) groups is 1. The van der Waals surface area contributed by atoms with E-state index in [0.717, 1.165) is 43.5 Å². The number of carbonyl (C=O) groups is 1. The highest BCUT2D eigenvalue weighted by molar-refractivity contribution is 7.99. The fourth-order valence-electron chi connectivity index (χ4n) is 3.49. The number of hydrogen-bond acceptors (Lipinski definition) is 5. The van der Waals surface area contributed by atoms with Crippen molar-refractivity contribution in [2.24, 2.45) is 0 Å². The summed E-state index contributed by atoms with van der Waals surface area (Å²) in [6, 6.07) is 14.5. The Balaban J connectivity index is 1.49. The van der Waals surface area contributed by atoms with Gasteiger partial charge in [-0.15, -0.1) is 11.8 Å². The van der Waals surface area contributed by atoms with Crippen LogP contribution < -0.4 is 4.90 Å². The summed E-state index contributed by atoms with van der Waals surface area (Å²) in [6.07, 6.45) is 4.64. The number of aryl methyl sites for hydroxylation is 2. The summed E-state index contributed by atoms with van der Waals surface area (Å²) < 4.78 is 14.2. The Morgan fingerprint density at radius 2 is 1.84 bits per heavy atom. The topological polar surface area (TPSA) is 46.1 Å². The molecule has 7 heteroatoms. The Morgan fingerprint density at radius 3 is 2.59 bits per heavy atom. The zero-order chi connectivity index (χ0) is 22.5. The average molecular weight is 466 g/mol. The molecular weight excluding hydrogens is 441 g/mol. The number of fused-ring (bicyclic) bond motifs is 1. The number of rotatable bonds is 8. The van der Waals surface area contributed by atoms with Crippen LogP contribution in [0.3, 0.4) is 0 Å². The van der Waals surface area contributed by atoms with Gasteiger partial charge >= 0.3 is 0 Å². The highest BCUT2D eigenvalue weighted by atomic mass is 32.2. The third-order valence-corrected chi connectivity index (χ3v) is 7.18. The molecule has 0 unspecified atom stereocenters. The van der Waals surface area contributed by atoms with Crippen molar-refractivity contribution in [2.45, 2.75) is 38.1 Å². The van der Waals surface area contributed by atoms with Crippen LogP contribution in [0.1, 0.15) is 29.5 Å². The van der Waals surface area contributed by atoms with Gasteiger partial charge in [-0.1, -0.05) is 17.4 Å². The van der Waals surface area contributed by atoms with E-state index >= 15 is 0 Å². The summed E-state index contributed by atoms with van der Waals surface area (Å²) in [7, 11) is 0. The first-order chi connectivity index (χ1) is 15.5. The number of halogens is 1. The van der Waals surface area contributed by atoms with Gasteiger partial charge in [0.2, 0.25) is 5.91 Å². The van der Waals surface area contributed by atoms with Gasteiger partial charge in [0.1, 0.15) is 5.82 Å². The average Bonchev–Trinajstić information content (AvgIpc) is 3.21. The smallest absolute Gasteiger partial charge is 0.229 e. The van der Waals surface area contributed by atoms with Crippen molar-refractivity contribution in [1.82, 2.24) is 9.97 Å². The van der Waals surface area contributed by atoms with Crippen LogP contribution in [0.25, 0.3) is 10.2 Å². The molecule has 1 amide bonds. The number of benzene rings is 2. The van der Waals surface area contributed by atoms with Gasteiger partial charge in [-0.25, -0.2) is 9.37 Å². The molecule has 2 aromatic carbocycles. The predicted molar refractivity (Wildman–Crippen MR) is 131 cm³/mol. The molecule has 0 aliphatic heterocycles. The molecule has 0 bridgehead atoms. The maximum Gasteiger partial charge on any atom is 0.229 e. The van der Waals surface area contributed by atoms with Gasteiger partial charge in [0.25, 0.3) is 0 Å². The van der Waals surface area contributed by atoms with Crippen molar-refractivity contribution < 1.29 is 9.18 Å². The fraction of sp³-hybridized carbons (Fsp3) is 0.240. The minimum Gasteiger partial charge on any atom is -0.284 e. The van der Waals surface area contributed by atoms with E-state index in [2.05, 4.69) is 31.0 Å². The number of amides is 1. The number of pyridine rings is 1. The van der Waals surface area contributed by atoms with E-state index in [1.165, 1.54) is 17.7 Å². The van der Waals surface area contributed by atoms with E-state index in [1.807, 2.05) is 12.1 Å². The molecule has 0 radical (unpaired) electrons. The van der Waals surface area contributed by atoms with E-state index in [1.54, 1.807) is 52.5 Å². The normalized spacial score (nSPS) is 11.1. The first-order valence-electron chi connectivity index (χ1n) is 10.4. The van der Waals surface area contributed by atoms with Gasteiger partial charge in [0, 0.05) is 23.7 Å². The monoisotopic (exact) mass is 465 g/mol. The van der Waals surface area contributed by atoms with Gasteiger partial charge in [-0.3, -0.25) is 14.7 Å². The molecule has 0 aliphatic rings. The number of thiazole rings is 1. The van der Waals surface area contributed by atoms with Gasteiger partial charge in [-0.2, -0.15) is 0 Å². The summed E-state index contributed by atoms with van der Waals surface area (Å²) in [5, 5.41) is 0.724. The lowest BCUT2D eigenvalue weighted by Crippen LogP contribution is -2.30. The summed E-state index contributed by atoms with van der Waals surface area (Å²) in [6.45, 7) is 4.59. The number of nitrogens with zero attached hydrogens (tertiary/aromatic N) is 3. The first-order valence-corrected chi connectivity index (χ1v) is 12.3. The molecule has 0 saturated heterocycles. The molecule has 0 saturated carbocycles. The SMILES string of the molecule is Cc1cc(C)c2nc(N(Cc3ccncc3)C(=O)CCCSc3ccc(F)cc3)sc2c1. The largest absolute Gasteiger partial charge is 0.284 e. The molecular formula is C25H24FN3OS2. The van der Waals surface area contributed by atoms with E-state index in [0.29, 0.717) is 13.0 Å². The third-order valence-electron chi connectivity index (χ3n) is 5.06. The second kappa shape index (κ2) is 10.2. The molecule has 164 valence electrons. The van der Waals surface area contributed by atoms with Gasteiger partial charge < -0.3 is 0 Å². The molecule has 0 atom stereocenters. The molecule has 0 N–H and O–H groups in total. The number of carbonyl (C=O) groups excluding carboxylic acids is 1. The lowest BCUT2D eigenvalue weighted by Gasteiger charge is -2.20. The predicted octanol–water partition coefficient (Wildman–Crippen LogP) is 6.55. The Labute approximate surface area is 195 Å². The Bertz CT molecular complexity index is 1210. The molecule has 0 spiro atoms. The van der Waals surface area contributed by atoms with Crippen LogP contribution in [0, 0.1) is 19.7 Å². The van der Waals surface area contributed by atoms with Crippen molar-refractivity contribution >= 4 is 44.4 Å². The highest BCUT2D eigenvalue weighted by Gasteiger charge is 2.20. The molecule has 32 heavy (non-hydrogen) atoms.